The number of hydrogen-bond donors (Lipinski definition) is 0. The molecule has 1 unspecified atom stereocenters. The summed E-state index contributed by atoms with van der Waals surface area (Å²) in [6, 6.07) is 7.96. The Morgan fingerprint density at radius 1 is 1.00 bits per heavy atom. The Hall–Kier alpha value is -1.80. The summed E-state index contributed by atoms with van der Waals surface area (Å²) in [5.74, 6) is -0.225. The van der Waals surface area contributed by atoms with Crippen LogP contribution in [0.2, 0.25) is 0 Å². The zero-order valence-corrected chi connectivity index (χ0v) is 14.9. The third kappa shape index (κ3) is 5.38. The van der Waals surface area contributed by atoms with Crippen LogP contribution in [0.5, 0.6) is 5.75 Å². The molecular formula is C22H31NO. The molecule has 2 nitrogen and oxygen atoms in total. The first-order valence-corrected chi connectivity index (χ1v) is 8.44. The summed E-state index contributed by atoms with van der Waals surface area (Å²) in [5, 5.41) is 0. The number of rotatable bonds is 8. The molecule has 0 radical (unpaired) electrons. The lowest BCUT2D eigenvalue weighted by Gasteiger charge is -2.32. The summed E-state index contributed by atoms with van der Waals surface area (Å²) < 4.78 is 61.6. The van der Waals surface area contributed by atoms with Gasteiger partial charge in [0.2, 0.25) is 0 Å². The Morgan fingerprint density at radius 3 is 2.17 bits per heavy atom. The van der Waals surface area contributed by atoms with Crippen LogP contribution in [0.4, 0.5) is 0 Å². The first-order chi connectivity index (χ1) is 14.4. The van der Waals surface area contributed by atoms with Gasteiger partial charge in [-0.15, -0.1) is 0 Å². The Balaban J connectivity index is 2.46. The van der Waals surface area contributed by atoms with Gasteiger partial charge in [-0.25, -0.2) is 0 Å². The average molecular weight is 333 g/mol. The van der Waals surface area contributed by atoms with E-state index >= 15 is 0 Å². The van der Waals surface area contributed by atoms with E-state index in [0.717, 1.165) is 5.56 Å². The van der Waals surface area contributed by atoms with Gasteiger partial charge in [-0.3, -0.25) is 4.90 Å². The molecule has 130 valence electrons. The van der Waals surface area contributed by atoms with Gasteiger partial charge in [-0.05, 0) is 52.2 Å². The quantitative estimate of drug-likeness (QED) is 0.621. The van der Waals surface area contributed by atoms with Gasteiger partial charge in [0, 0.05) is 29.2 Å². The molecule has 24 heavy (non-hydrogen) atoms. The molecule has 0 bridgehead atoms. The molecule has 0 N–H and O–H groups in total. The van der Waals surface area contributed by atoms with Crippen LogP contribution in [-0.4, -0.2) is 23.5 Å². The molecule has 2 rings (SSSR count). The van der Waals surface area contributed by atoms with Crippen LogP contribution >= 0.6 is 0 Å². The Kier molecular flexibility index (Phi) is 4.05. The minimum atomic E-state index is -2.74. The second kappa shape index (κ2) is 8.89. The van der Waals surface area contributed by atoms with Gasteiger partial charge < -0.3 is 4.74 Å². The van der Waals surface area contributed by atoms with E-state index in [1.165, 1.54) is 0 Å². The largest absolute Gasteiger partial charge is 0.486 e. The summed E-state index contributed by atoms with van der Waals surface area (Å²) in [4.78, 5) is 2.31. The van der Waals surface area contributed by atoms with Gasteiger partial charge in [-0.1, -0.05) is 48.0 Å². The van der Waals surface area contributed by atoms with Crippen LogP contribution in [0.1, 0.15) is 60.9 Å². The zero-order chi connectivity index (χ0) is 23.5. The van der Waals surface area contributed by atoms with Gasteiger partial charge >= 0.3 is 0 Å². The smallest absolute Gasteiger partial charge is 0.125 e. The van der Waals surface area contributed by atoms with Crippen LogP contribution < -0.4 is 4.74 Å². The van der Waals surface area contributed by atoms with E-state index in [-0.39, 0.29) is 5.75 Å². The van der Waals surface area contributed by atoms with Crippen molar-refractivity contribution >= 4 is 0 Å². The van der Waals surface area contributed by atoms with Crippen molar-refractivity contribution in [3.63, 3.8) is 0 Å². The third-order valence-corrected chi connectivity index (χ3v) is 4.01. The molecule has 0 aromatic heterocycles. The summed E-state index contributed by atoms with van der Waals surface area (Å²) in [6.07, 6.45) is 0.0628. The highest BCUT2D eigenvalue weighted by molar-refractivity contribution is 5.28. The standard InChI is InChI=1S/C22H31NO/c1-17(2)23(18(3)4)16-15-22(20-9-7-6-8-10-20)24-21-13-11-19(5)12-14-21/h6-14,17-18,22H,15-16H2,1-5H3/i5D3,11D,12D,13D,14D. The van der Waals surface area contributed by atoms with E-state index in [1.54, 1.807) is 0 Å². The van der Waals surface area contributed by atoms with E-state index in [2.05, 4.69) is 32.6 Å². The van der Waals surface area contributed by atoms with Crippen LogP contribution in [-0.2, 0) is 0 Å². The van der Waals surface area contributed by atoms with E-state index in [4.69, 9.17) is 14.3 Å². The molecule has 0 heterocycles. The number of ether oxygens (including phenoxy) is 1. The van der Waals surface area contributed by atoms with E-state index in [0.29, 0.717) is 25.0 Å². The third-order valence-electron chi connectivity index (χ3n) is 4.01. The van der Waals surface area contributed by atoms with Crippen molar-refractivity contribution in [1.82, 2.24) is 4.90 Å². The first-order valence-electron chi connectivity index (χ1n) is 11.9. The molecule has 0 saturated carbocycles. The Bertz CT molecular complexity index is 845. The lowest BCUT2D eigenvalue weighted by molar-refractivity contribution is 0.127. The molecule has 2 heteroatoms. The minimum absolute atomic E-state index is 0.225. The van der Waals surface area contributed by atoms with E-state index in [1.807, 2.05) is 30.3 Å². The monoisotopic (exact) mass is 332 g/mol. The van der Waals surface area contributed by atoms with Crippen molar-refractivity contribution in [2.24, 2.45) is 0 Å². The molecule has 1 atom stereocenters. The van der Waals surface area contributed by atoms with Crippen molar-refractivity contribution in [2.45, 2.75) is 59.2 Å². The van der Waals surface area contributed by atoms with Crippen LogP contribution in [0.3, 0.4) is 0 Å². The fraction of sp³-hybridized carbons (Fsp3) is 0.455. The van der Waals surface area contributed by atoms with Gasteiger partial charge in [0.05, 0.1) is 5.48 Å². The van der Waals surface area contributed by atoms with Crippen LogP contribution in [0, 0.1) is 6.85 Å². The van der Waals surface area contributed by atoms with Crippen molar-refractivity contribution in [1.29, 1.82) is 0 Å². The molecule has 2 aromatic rings. The molecule has 0 aliphatic heterocycles. The summed E-state index contributed by atoms with van der Waals surface area (Å²) in [7, 11) is 0. The molecule has 0 aliphatic carbocycles. The SMILES string of the molecule is [2H]c1c([2H])c(C([2H])([2H])[2H])c([2H])c([2H])c1OC(CCN(C(C)C)C(C)C)c1ccccc1. The predicted octanol–water partition coefficient (Wildman–Crippen LogP) is 5.62. The summed E-state index contributed by atoms with van der Waals surface area (Å²) in [5.41, 5.74) is 0.267. The van der Waals surface area contributed by atoms with E-state index < -0.39 is 42.7 Å². The van der Waals surface area contributed by atoms with Gasteiger partial charge in [-0.2, -0.15) is 0 Å². The molecule has 0 amide bonds. The Morgan fingerprint density at radius 2 is 1.62 bits per heavy atom. The highest BCUT2D eigenvalue weighted by Gasteiger charge is 2.18. The zero-order valence-electron chi connectivity index (χ0n) is 21.9. The topological polar surface area (TPSA) is 12.5 Å². The first kappa shape index (κ1) is 10.9. The second-order valence-electron chi connectivity index (χ2n) is 6.44. The molecule has 0 saturated heterocycles. The molecule has 0 spiro atoms. The van der Waals surface area contributed by atoms with Crippen molar-refractivity contribution in [2.75, 3.05) is 6.54 Å². The highest BCUT2D eigenvalue weighted by Crippen LogP contribution is 2.26. The number of benzene rings is 2. The lowest BCUT2D eigenvalue weighted by Crippen LogP contribution is -2.38. The second-order valence-corrected chi connectivity index (χ2v) is 6.44. The van der Waals surface area contributed by atoms with Gasteiger partial charge in [0.15, 0.2) is 0 Å². The normalized spacial score (nSPS) is 17.5. The average Bonchev–Trinajstić information content (AvgIpc) is 2.67. The molecular weight excluding hydrogens is 294 g/mol. The highest BCUT2D eigenvalue weighted by atomic mass is 16.5. The summed E-state index contributed by atoms with van der Waals surface area (Å²) in [6.45, 7) is 6.45. The van der Waals surface area contributed by atoms with Crippen LogP contribution in [0.15, 0.2) is 54.5 Å². The molecule has 0 fully saturated rings. The predicted molar refractivity (Wildman–Crippen MR) is 103 cm³/mol. The maximum absolute atomic E-state index is 8.29. The molecule has 0 aliphatic rings. The lowest BCUT2D eigenvalue weighted by atomic mass is 10.0. The fourth-order valence-electron chi connectivity index (χ4n) is 2.84. The number of hydrogen-bond acceptors (Lipinski definition) is 2. The van der Waals surface area contributed by atoms with Crippen molar-refractivity contribution in [3.8, 4) is 5.75 Å². The van der Waals surface area contributed by atoms with Crippen molar-refractivity contribution < 1.29 is 14.3 Å². The minimum Gasteiger partial charge on any atom is -0.486 e. The molecule has 2 aromatic carbocycles. The fourth-order valence-corrected chi connectivity index (χ4v) is 2.84. The summed E-state index contributed by atoms with van der Waals surface area (Å²) >= 11 is 0. The van der Waals surface area contributed by atoms with Gasteiger partial charge in [0.25, 0.3) is 0 Å². The van der Waals surface area contributed by atoms with Crippen molar-refractivity contribution in [3.05, 3.63) is 65.6 Å². The van der Waals surface area contributed by atoms with Gasteiger partial charge in [0.1, 0.15) is 11.9 Å². The van der Waals surface area contributed by atoms with Crippen LogP contribution in [0.25, 0.3) is 0 Å². The maximum Gasteiger partial charge on any atom is 0.125 e. The number of nitrogens with zero attached hydrogens (tertiary/aromatic N) is 1. The van der Waals surface area contributed by atoms with E-state index in [9.17, 15) is 0 Å². The maximum atomic E-state index is 8.29. The Labute approximate surface area is 157 Å².